The maximum Gasteiger partial charge on any atom is 0.268 e. The summed E-state index contributed by atoms with van der Waals surface area (Å²) < 4.78 is 3.46. The fourth-order valence-electron chi connectivity index (χ4n) is 3.73. The van der Waals surface area contributed by atoms with Gasteiger partial charge in [0.05, 0.1) is 21.9 Å². The first kappa shape index (κ1) is 16.4. The highest BCUT2D eigenvalue weighted by molar-refractivity contribution is 6.35. The van der Waals surface area contributed by atoms with Crippen molar-refractivity contribution in [1.29, 1.82) is 0 Å². The van der Waals surface area contributed by atoms with Crippen LogP contribution in [0.5, 0.6) is 0 Å². The second kappa shape index (κ2) is 5.84. The lowest BCUT2D eigenvalue weighted by atomic mass is 10.1. The fourth-order valence-corrected chi connectivity index (χ4v) is 4.13. The van der Waals surface area contributed by atoms with Crippen LogP contribution in [0.1, 0.15) is 15.9 Å². The molecular weight excluding hydrogens is 383 g/mol. The number of halogens is 2. The molecule has 0 bridgehead atoms. The number of para-hydroxylation sites is 1. The maximum atomic E-state index is 13.1. The number of nitrogens with zero attached hydrogens (tertiary/aromatic N) is 2. The Balaban J connectivity index is 1.90. The number of rotatable bonds is 2. The molecule has 0 aliphatic carbocycles. The molecule has 2 aromatic carbocycles. The van der Waals surface area contributed by atoms with Crippen molar-refractivity contribution < 1.29 is 4.79 Å². The van der Waals surface area contributed by atoms with Crippen LogP contribution in [0.2, 0.25) is 10.0 Å². The van der Waals surface area contributed by atoms with Gasteiger partial charge in [0.1, 0.15) is 5.56 Å². The van der Waals surface area contributed by atoms with E-state index in [-0.39, 0.29) is 16.9 Å². The largest absolute Gasteiger partial charge is 0.333 e. The zero-order valence-corrected chi connectivity index (χ0v) is 15.5. The van der Waals surface area contributed by atoms with Crippen LogP contribution in [0.15, 0.2) is 65.6 Å². The van der Waals surface area contributed by atoms with Crippen LogP contribution in [-0.2, 0) is 6.54 Å². The SMILES string of the molecule is O=C1c2c(n(Cc3ccc(Cl)cc3)c3c(Cl)cccc3c2=O)-c2cccn21. The molecule has 4 nitrogen and oxygen atoms in total. The van der Waals surface area contributed by atoms with Crippen LogP contribution in [0.25, 0.3) is 22.3 Å². The van der Waals surface area contributed by atoms with Crippen LogP contribution in [-0.4, -0.2) is 15.0 Å². The summed E-state index contributed by atoms with van der Waals surface area (Å²) in [6.45, 7) is 0.457. The minimum Gasteiger partial charge on any atom is -0.333 e. The van der Waals surface area contributed by atoms with Gasteiger partial charge in [-0.25, -0.2) is 0 Å². The van der Waals surface area contributed by atoms with E-state index in [1.807, 2.05) is 34.9 Å². The summed E-state index contributed by atoms with van der Waals surface area (Å²) in [4.78, 5) is 25.9. The highest BCUT2D eigenvalue weighted by Gasteiger charge is 2.33. The molecule has 5 rings (SSSR count). The lowest BCUT2D eigenvalue weighted by molar-refractivity contribution is 0.0968. The van der Waals surface area contributed by atoms with Gasteiger partial charge < -0.3 is 4.57 Å². The summed E-state index contributed by atoms with van der Waals surface area (Å²) in [5.74, 6) is -0.304. The van der Waals surface area contributed by atoms with E-state index in [9.17, 15) is 9.59 Å². The molecule has 132 valence electrons. The van der Waals surface area contributed by atoms with Gasteiger partial charge in [0, 0.05) is 23.2 Å². The van der Waals surface area contributed by atoms with E-state index >= 15 is 0 Å². The summed E-state index contributed by atoms with van der Waals surface area (Å²) in [7, 11) is 0. The van der Waals surface area contributed by atoms with Crippen LogP contribution in [0, 0.1) is 0 Å². The van der Waals surface area contributed by atoms with Gasteiger partial charge in [0.25, 0.3) is 5.91 Å². The predicted octanol–water partition coefficient (Wildman–Crippen LogP) is 4.83. The molecule has 27 heavy (non-hydrogen) atoms. The molecule has 0 saturated heterocycles. The number of pyridine rings is 1. The van der Waals surface area contributed by atoms with Crippen molar-refractivity contribution in [3.63, 3.8) is 0 Å². The molecule has 0 unspecified atom stereocenters. The van der Waals surface area contributed by atoms with Crippen molar-refractivity contribution in [2.45, 2.75) is 6.54 Å². The van der Waals surface area contributed by atoms with E-state index < -0.39 is 0 Å². The average molecular weight is 395 g/mol. The van der Waals surface area contributed by atoms with E-state index in [2.05, 4.69) is 0 Å². The third kappa shape index (κ3) is 2.30. The quantitative estimate of drug-likeness (QED) is 0.430. The number of carbonyl (C=O) groups is 1. The summed E-state index contributed by atoms with van der Waals surface area (Å²) in [5, 5.41) is 1.56. The molecule has 0 fully saturated rings. The molecule has 0 saturated carbocycles. The summed E-state index contributed by atoms with van der Waals surface area (Å²) in [6.07, 6.45) is 1.68. The Morgan fingerprint density at radius 2 is 1.67 bits per heavy atom. The third-order valence-electron chi connectivity index (χ3n) is 4.91. The molecule has 0 amide bonds. The molecular formula is C21H12Cl2N2O2. The van der Waals surface area contributed by atoms with Crippen molar-refractivity contribution in [3.8, 4) is 11.4 Å². The van der Waals surface area contributed by atoms with E-state index in [1.54, 1.807) is 30.5 Å². The standard InChI is InChI=1S/C21H12Cl2N2O2/c22-13-8-6-12(7-9-13)11-25-18-14(3-1-4-15(18)23)20(26)17-19(25)16-5-2-10-24(16)21(17)27/h1-10H,11H2. The van der Waals surface area contributed by atoms with E-state index in [4.69, 9.17) is 23.2 Å². The molecule has 1 aliphatic rings. The van der Waals surface area contributed by atoms with Gasteiger partial charge in [-0.15, -0.1) is 0 Å². The summed E-state index contributed by atoms with van der Waals surface area (Å²) >= 11 is 12.5. The Hall–Kier alpha value is -2.82. The number of fused-ring (bicyclic) bond motifs is 4. The Kier molecular flexibility index (Phi) is 3.54. The topological polar surface area (TPSA) is 44.0 Å². The first-order valence-corrected chi connectivity index (χ1v) is 9.14. The zero-order valence-electron chi connectivity index (χ0n) is 13.9. The Morgan fingerprint density at radius 3 is 2.44 bits per heavy atom. The van der Waals surface area contributed by atoms with Gasteiger partial charge in [-0.3, -0.25) is 14.2 Å². The van der Waals surface area contributed by atoms with Crippen molar-refractivity contribution in [1.82, 2.24) is 9.13 Å². The van der Waals surface area contributed by atoms with Crippen molar-refractivity contribution in [2.75, 3.05) is 0 Å². The minimum atomic E-state index is -0.304. The van der Waals surface area contributed by atoms with Crippen molar-refractivity contribution in [3.05, 3.63) is 92.2 Å². The molecule has 3 heterocycles. The van der Waals surface area contributed by atoms with Gasteiger partial charge >= 0.3 is 0 Å². The molecule has 4 aromatic rings. The molecule has 0 atom stereocenters. The molecule has 0 radical (unpaired) electrons. The highest BCUT2D eigenvalue weighted by Crippen LogP contribution is 2.35. The average Bonchev–Trinajstić information content (AvgIpc) is 3.23. The molecule has 0 spiro atoms. The van der Waals surface area contributed by atoms with Gasteiger partial charge in [-0.1, -0.05) is 41.4 Å². The molecule has 0 N–H and O–H groups in total. The molecule has 6 heteroatoms. The lowest BCUT2D eigenvalue weighted by Crippen LogP contribution is -2.20. The normalized spacial score (nSPS) is 12.4. The minimum absolute atomic E-state index is 0.189. The summed E-state index contributed by atoms with van der Waals surface area (Å²) in [6, 6.07) is 16.3. The van der Waals surface area contributed by atoms with Crippen LogP contribution in [0.4, 0.5) is 0 Å². The Labute approximate surface area is 164 Å². The lowest BCUT2D eigenvalue weighted by Gasteiger charge is -2.17. The third-order valence-corrected chi connectivity index (χ3v) is 5.47. The fraction of sp³-hybridized carbons (Fsp3) is 0.0476. The second-order valence-corrected chi connectivity index (χ2v) is 7.31. The van der Waals surface area contributed by atoms with Crippen molar-refractivity contribution >= 4 is 40.0 Å². The van der Waals surface area contributed by atoms with Gasteiger partial charge in [-0.2, -0.15) is 0 Å². The van der Waals surface area contributed by atoms with Crippen LogP contribution < -0.4 is 5.43 Å². The number of hydrogen-bond acceptors (Lipinski definition) is 2. The molecule has 2 aromatic heterocycles. The number of carbonyl (C=O) groups excluding carboxylic acids is 1. The molecule has 1 aliphatic heterocycles. The Bertz CT molecular complexity index is 1300. The maximum absolute atomic E-state index is 13.1. The number of benzene rings is 2. The first-order chi connectivity index (χ1) is 13.1. The first-order valence-electron chi connectivity index (χ1n) is 8.38. The van der Waals surface area contributed by atoms with Gasteiger partial charge in [0.2, 0.25) is 5.43 Å². The van der Waals surface area contributed by atoms with E-state index in [0.717, 1.165) is 5.56 Å². The second-order valence-electron chi connectivity index (χ2n) is 6.47. The number of aromatic nitrogens is 2. The predicted molar refractivity (Wildman–Crippen MR) is 107 cm³/mol. The smallest absolute Gasteiger partial charge is 0.268 e. The van der Waals surface area contributed by atoms with Gasteiger partial charge in [0.15, 0.2) is 0 Å². The Morgan fingerprint density at radius 1 is 0.889 bits per heavy atom. The monoisotopic (exact) mass is 394 g/mol. The van der Waals surface area contributed by atoms with Crippen molar-refractivity contribution in [2.24, 2.45) is 0 Å². The zero-order chi connectivity index (χ0) is 18.7. The van der Waals surface area contributed by atoms with E-state index in [1.165, 1.54) is 4.57 Å². The van der Waals surface area contributed by atoms with Crippen LogP contribution in [0.3, 0.4) is 0 Å². The summed E-state index contributed by atoms with van der Waals surface area (Å²) in [5.41, 5.74) is 2.82. The van der Waals surface area contributed by atoms with E-state index in [0.29, 0.717) is 38.9 Å². The van der Waals surface area contributed by atoms with Crippen LogP contribution >= 0.6 is 23.2 Å². The highest BCUT2D eigenvalue weighted by atomic mass is 35.5. The van der Waals surface area contributed by atoms with Gasteiger partial charge in [-0.05, 0) is 42.0 Å². The number of hydrogen-bond donors (Lipinski definition) is 0.